The molecule has 6 nitrogen and oxygen atoms in total. The van der Waals surface area contributed by atoms with E-state index in [4.69, 9.17) is 4.74 Å². The van der Waals surface area contributed by atoms with Crippen LogP contribution in [0, 0.1) is 5.82 Å². The van der Waals surface area contributed by atoms with Crippen molar-refractivity contribution in [2.75, 3.05) is 18.5 Å². The van der Waals surface area contributed by atoms with E-state index in [1.807, 2.05) is 30.3 Å². The van der Waals surface area contributed by atoms with Crippen LogP contribution in [0.15, 0.2) is 54.7 Å². The number of benzene rings is 2. The average Bonchev–Trinajstić information content (AvgIpc) is 3.08. The summed E-state index contributed by atoms with van der Waals surface area (Å²) in [5.41, 5.74) is 2.37. The van der Waals surface area contributed by atoms with Crippen molar-refractivity contribution < 1.29 is 18.7 Å². The maximum absolute atomic E-state index is 14.8. The third kappa shape index (κ3) is 3.15. The molecule has 0 spiro atoms. The van der Waals surface area contributed by atoms with Gasteiger partial charge in [-0.1, -0.05) is 12.1 Å². The Labute approximate surface area is 161 Å². The van der Waals surface area contributed by atoms with Crippen LogP contribution in [0.2, 0.25) is 0 Å². The molecule has 28 heavy (non-hydrogen) atoms. The zero-order valence-corrected chi connectivity index (χ0v) is 15.4. The molecular formula is C21H18FN3O3. The van der Waals surface area contributed by atoms with Crippen molar-refractivity contribution >= 4 is 28.6 Å². The third-order valence-corrected chi connectivity index (χ3v) is 4.90. The lowest BCUT2D eigenvalue weighted by Crippen LogP contribution is -2.38. The lowest BCUT2D eigenvalue weighted by molar-refractivity contribution is -0.134. The number of halogens is 1. The summed E-state index contributed by atoms with van der Waals surface area (Å²) < 4.78 is 20.1. The Kier molecular flexibility index (Phi) is 4.43. The van der Waals surface area contributed by atoms with Gasteiger partial charge in [-0.3, -0.25) is 14.7 Å². The average molecular weight is 379 g/mol. The number of rotatable bonds is 3. The summed E-state index contributed by atoms with van der Waals surface area (Å²) in [5.74, 6) is -0.663. The molecule has 0 radical (unpaired) electrons. The number of ether oxygens (including phenoxy) is 1. The van der Waals surface area contributed by atoms with Crippen LogP contribution in [-0.4, -0.2) is 41.7 Å². The van der Waals surface area contributed by atoms with E-state index >= 15 is 0 Å². The van der Waals surface area contributed by atoms with Gasteiger partial charge in [0.25, 0.3) is 0 Å². The monoisotopic (exact) mass is 379 g/mol. The molecule has 1 atom stereocenters. The van der Waals surface area contributed by atoms with Crippen LogP contribution >= 0.6 is 0 Å². The molecule has 4 rings (SSSR count). The lowest BCUT2D eigenvalue weighted by Gasteiger charge is -2.20. The van der Waals surface area contributed by atoms with Crippen molar-refractivity contribution in [3.05, 3.63) is 60.5 Å². The maximum Gasteiger partial charge on any atom is 0.416 e. The van der Waals surface area contributed by atoms with Crippen LogP contribution < -0.4 is 4.90 Å². The van der Waals surface area contributed by atoms with Crippen LogP contribution in [-0.2, 0) is 9.53 Å². The number of aromatic nitrogens is 1. The van der Waals surface area contributed by atoms with E-state index in [1.54, 1.807) is 25.4 Å². The van der Waals surface area contributed by atoms with E-state index in [1.165, 1.54) is 22.8 Å². The van der Waals surface area contributed by atoms with E-state index in [2.05, 4.69) is 4.98 Å². The predicted octanol–water partition coefficient (Wildman–Crippen LogP) is 3.80. The molecule has 0 N–H and O–H groups in total. The van der Waals surface area contributed by atoms with E-state index in [0.717, 1.165) is 16.5 Å². The number of nitrogens with zero attached hydrogens (tertiary/aromatic N) is 3. The highest BCUT2D eigenvalue weighted by atomic mass is 19.1. The minimum atomic E-state index is -0.694. The Morgan fingerprint density at radius 2 is 2.07 bits per heavy atom. The van der Waals surface area contributed by atoms with Crippen molar-refractivity contribution in [2.24, 2.45) is 0 Å². The molecule has 0 aliphatic carbocycles. The topological polar surface area (TPSA) is 62.7 Å². The summed E-state index contributed by atoms with van der Waals surface area (Å²) in [4.78, 5) is 30.6. The van der Waals surface area contributed by atoms with Crippen molar-refractivity contribution in [3.8, 4) is 11.1 Å². The molecule has 7 heteroatoms. The summed E-state index contributed by atoms with van der Waals surface area (Å²) in [6.07, 6.45) is 0.409. The first kappa shape index (κ1) is 17.9. The minimum absolute atomic E-state index is 0.148. The Balaban J connectivity index is 1.62. The first-order chi connectivity index (χ1) is 13.4. The molecular weight excluding hydrogens is 361 g/mol. The van der Waals surface area contributed by atoms with Gasteiger partial charge in [-0.25, -0.2) is 9.18 Å². The molecule has 142 valence electrons. The second kappa shape index (κ2) is 6.92. The first-order valence-electron chi connectivity index (χ1n) is 8.80. The number of anilines is 1. The predicted molar refractivity (Wildman–Crippen MR) is 103 cm³/mol. The number of hydrogen-bond donors (Lipinski definition) is 0. The molecule has 1 saturated heterocycles. The summed E-state index contributed by atoms with van der Waals surface area (Å²) in [6, 6.07) is 13.9. The number of carbonyl (C=O) groups excluding carboxylic acids is 2. The van der Waals surface area contributed by atoms with Gasteiger partial charge >= 0.3 is 6.09 Å². The van der Waals surface area contributed by atoms with Gasteiger partial charge in [0.1, 0.15) is 5.82 Å². The van der Waals surface area contributed by atoms with E-state index in [-0.39, 0.29) is 12.5 Å². The second-order valence-electron chi connectivity index (χ2n) is 6.65. The Morgan fingerprint density at radius 1 is 1.25 bits per heavy atom. The number of likely N-dealkylation sites (N-methyl/N-ethyl adjacent to an activating group) is 1. The van der Waals surface area contributed by atoms with Crippen molar-refractivity contribution in [3.63, 3.8) is 0 Å². The highest BCUT2D eigenvalue weighted by molar-refractivity contribution is 5.91. The lowest BCUT2D eigenvalue weighted by atomic mass is 10.0. The van der Waals surface area contributed by atoms with Crippen LogP contribution in [0.3, 0.4) is 0 Å². The van der Waals surface area contributed by atoms with Gasteiger partial charge in [0.05, 0.1) is 17.7 Å². The van der Waals surface area contributed by atoms with Crippen LogP contribution in [0.4, 0.5) is 14.9 Å². The molecule has 1 unspecified atom stereocenters. The number of carbonyl (C=O) groups is 2. The molecule has 0 bridgehead atoms. The SMILES string of the molecule is CC(=O)N(C)C1CN(c2ccc(-c3ccc4ncccc4c3)c(F)c2)C(=O)O1. The summed E-state index contributed by atoms with van der Waals surface area (Å²) in [6.45, 7) is 1.54. The number of pyridine rings is 1. The summed E-state index contributed by atoms with van der Waals surface area (Å²) >= 11 is 0. The van der Waals surface area contributed by atoms with Gasteiger partial charge in [-0.15, -0.1) is 0 Å². The molecule has 1 aromatic heterocycles. The zero-order chi connectivity index (χ0) is 19.8. The standard InChI is InChI=1S/C21H18FN3O3/c1-13(26)24(2)20-12-25(21(27)28-20)16-6-7-17(18(22)11-16)14-5-8-19-15(10-14)4-3-9-23-19/h3-11,20H,12H2,1-2H3. The van der Waals surface area contributed by atoms with Crippen molar-refractivity contribution in [1.82, 2.24) is 9.88 Å². The first-order valence-corrected chi connectivity index (χ1v) is 8.80. The maximum atomic E-state index is 14.8. The fourth-order valence-corrected chi connectivity index (χ4v) is 3.21. The summed E-state index contributed by atoms with van der Waals surface area (Å²) in [5, 5.41) is 0.918. The van der Waals surface area contributed by atoms with Gasteiger partial charge in [-0.05, 0) is 42.0 Å². The van der Waals surface area contributed by atoms with Crippen LogP contribution in [0.1, 0.15) is 6.92 Å². The number of hydrogen-bond acceptors (Lipinski definition) is 4. The van der Waals surface area contributed by atoms with Gasteiger partial charge in [0.2, 0.25) is 5.91 Å². The van der Waals surface area contributed by atoms with Crippen LogP contribution in [0.5, 0.6) is 0 Å². The molecule has 2 aromatic carbocycles. The second-order valence-corrected chi connectivity index (χ2v) is 6.65. The van der Waals surface area contributed by atoms with E-state index in [9.17, 15) is 14.0 Å². The number of fused-ring (bicyclic) bond motifs is 1. The molecule has 1 fully saturated rings. The summed E-state index contributed by atoms with van der Waals surface area (Å²) in [7, 11) is 1.56. The van der Waals surface area contributed by atoms with Gasteiger partial charge in [-0.2, -0.15) is 0 Å². The highest BCUT2D eigenvalue weighted by Gasteiger charge is 2.36. The Bertz CT molecular complexity index is 1090. The molecule has 1 aliphatic rings. The third-order valence-electron chi connectivity index (χ3n) is 4.90. The van der Waals surface area contributed by atoms with Gasteiger partial charge < -0.3 is 9.64 Å². The Hall–Kier alpha value is -3.48. The van der Waals surface area contributed by atoms with Gasteiger partial charge in [0, 0.05) is 31.1 Å². The molecule has 2 amide bonds. The molecule has 3 aromatic rings. The Morgan fingerprint density at radius 3 is 2.82 bits per heavy atom. The minimum Gasteiger partial charge on any atom is -0.423 e. The fourth-order valence-electron chi connectivity index (χ4n) is 3.21. The quantitative estimate of drug-likeness (QED) is 0.694. The zero-order valence-electron chi connectivity index (χ0n) is 15.4. The largest absolute Gasteiger partial charge is 0.423 e. The van der Waals surface area contributed by atoms with Crippen molar-refractivity contribution in [2.45, 2.75) is 13.2 Å². The van der Waals surface area contributed by atoms with E-state index < -0.39 is 18.1 Å². The van der Waals surface area contributed by atoms with Crippen molar-refractivity contribution in [1.29, 1.82) is 0 Å². The van der Waals surface area contributed by atoms with E-state index in [0.29, 0.717) is 11.3 Å². The molecule has 1 aliphatic heterocycles. The fraction of sp³-hybridized carbons (Fsp3) is 0.190. The van der Waals surface area contributed by atoms with Gasteiger partial charge in [0.15, 0.2) is 6.23 Å². The molecule has 2 heterocycles. The molecule has 0 saturated carbocycles. The number of amides is 2. The normalized spacial score (nSPS) is 16.3. The highest BCUT2D eigenvalue weighted by Crippen LogP contribution is 2.30. The smallest absolute Gasteiger partial charge is 0.416 e. The number of cyclic esters (lactones) is 1. The van der Waals surface area contributed by atoms with Crippen LogP contribution in [0.25, 0.3) is 22.0 Å².